The Balaban J connectivity index is 0.000000349. The van der Waals surface area contributed by atoms with E-state index < -0.39 is 0 Å². The number of rotatable bonds is 4. The number of hydrogen-bond donors (Lipinski definition) is 1. The fraction of sp³-hybridized carbons (Fsp3) is 0.500. The van der Waals surface area contributed by atoms with E-state index in [4.69, 9.17) is 25.8 Å². The number of aromatic nitrogens is 2. The van der Waals surface area contributed by atoms with Crippen molar-refractivity contribution in [1.82, 2.24) is 15.3 Å². The molecule has 8 heteroatoms. The first kappa shape index (κ1) is 20.7. The van der Waals surface area contributed by atoms with Gasteiger partial charge < -0.3 is 19.5 Å². The van der Waals surface area contributed by atoms with E-state index in [1.165, 1.54) is 6.33 Å². The quantitative estimate of drug-likeness (QED) is 0.828. The van der Waals surface area contributed by atoms with Crippen LogP contribution in [0.2, 0.25) is 5.15 Å². The minimum atomic E-state index is 0. The Hall–Kier alpha value is -1.34. The Bertz CT molecular complexity index is 613. The number of methoxy groups -OCH3 is 1. The molecular formula is C16H23Cl2N3O3. The molecule has 1 aliphatic rings. The monoisotopic (exact) mass is 375 g/mol. The van der Waals surface area contributed by atoms with E-state index in [0.29, 0.717) is 23.3 Å². The van der Waals surface area contributed by atoms with Crippen LogP contribution in [0.1, 0.15) is 13.3 Å². The molecule has 1 aromatic carbocycles. The second-order valence-electron chi connectivity index (χ2n) is 4.90. The van der Waals surface area contributed by atoms with Crippen LogP contribution in [0.15, 0.2) is 18.5 Å². The molecular weight excluding hydrogens is 353 g/mol. The van der Waals surface area contributed by atoms with Crippen LogP contribution in [0.3, 0.4) is 0 Å². The first-order valence-corrected chi connectivity index (χ1v) is 8.03. The molecule has 1 aromatic heterocycles. The van der Waals surface area contributed by atoms with Crippen molar-refractivity contribution < 1.29 is 14.2 Å². The summed E-state index contributed by atoms with van der Waals surface area (Å²) in [6.45, 7) is 6.51. The molecule has 0 radical (unpaired) electrons. The van der Waals surface area contributed by atoms with Crippen molar-refractivity contribution in [2.75, 3.05) is 40.0 Å². The van der Waals surface area contributed by atoms with Crippen LogP contribution in [-0.4, -0.2) is 50.0 Å². The van der Waals surface area contributed by atoms with Crippen LogP contribution in [0.25, 0.3) is 10.9 Å². The van der Waals surface area contributed by atoms with Crippen molar-refractivity contribution in [2.45, 2.75) is 13.3 Å². The Morgan fingerprint density at radius 2 is 1.96 bits per heavy atom. The number of hydrogen-bond acceptors (Lipinski definition) is 6. The Labute approximate surface area is 153 Å². The number of morpholine rings is 1. The fourth-order valence-corrected chi connectivity index (χ4v) is 2.23. The lowest BCUT2D eigenvalue weighted by molar-refractivity contribution is 0.109. The topological polar surface area (TPSA) is 65.5 Å². The van der Waals surface area contributed by atoms with Crippen molar-refractivity contribution in [1.29, 1.82) is 0 Å². The largest absolute Gasteiger partial charge is 0.493 e. The van der Waals surface area contributed by atoms with Gasteiger partial charge in [0.15, 0.2) is 11.5 Å². The van der Waals surface area contributed by atoms with Crippen molar-refractivity contribution in [3.8, 4) is 11.5 Å². The van der Waals surface area contributed by atoms with Crippen molar-refractivity contribution in [3.63, 3.8) is 0 Å². The van der Waals surface area contributed by atoms with E-state index in [0.717, 1.165) is 43.6 Å². The normalized spacial score (nSPS) is 13.5. The van der Waals surface area contributed by atoms with E-state index >= 15 is 0 Å². The van der Waals surface area contributed by atoms with Crippen LogP contribution < -0.4 is 14.8 Å². The molecule has 1 aliphatic heterocycles. The molecule has 0 saturated carbocycles. The average molecular weight is 376 g/mol. The lowest BCUT2D eigenvalue weighted by Crippen LogP contribution is -2.30. The summed E-state index contributed by atoms with van der Waals surface area (Å²) in [6, 6.07) is 3.61. The van der Waals surface area contributed by atoms with Crippen LogP contribution in [0.5, 0.6) is 11.5 Å². The molecule has 24 heavy (non-hydrogen) atoms. The van der Waals surface area contributed by atoms with Crippen molar-refractivity contribution in [3.05, 3.63) is 23.6 Å². The highest BCUT2D eigenvalue weighted by molar-refractivity contribution is 6.34. The van der Waals surface area contributed by atoms with E-state index in [1.54, 1.807) is 13.2 Å². The molecule has 0 amide bonds. The maximum Gasteiger partial charge on any atom is 0.162 e. The molecule has 1 N–H and O–H groups in total. The molecule has 0 spiro atoms. The van der Waals surface area contributed by atoms with Crippen LogP contribution >= 0.6 is 24.0 Å². The van der Waals surface area contributed by atoms with Gasteiger partial charge in [0.05, 0.1) is 32.4 Å². The van der Waals surface area contributed by atoms with Gasteiger partial charge in [-0.3, -0.25) is 0 Å². The number of nitrogens with one attached hydrogen (secondary N) is 1. The van der Waals surface area contributed by atoms with E-state index in [1.807, 2.05) is 13.0 Å². The standard InChI is InChI=1S/C12H13ClN2O2.C4H9NO.ClH/c1-3-4-17-11-5-8-9(6-10(11)16-2)14-7-15-12(8)13;1-3-6-4-2-5-1;/h5-7H,3-4H2,1-2H3;5H,1-4H2;1H. The van der Waals surface area contributed by atoms with Gasteiger partial charge in [0, 0.05) is 24.5 Å². The molecule has 0 aliphatic carbocycles. The molecule has 6 nitrogen and oxygen atoms in total. The van der Waals surface area contributed by atoms with Gasteiger partial charge in [-0.05, 0) is 12.5 Å². The van der Waals surface area contributed by atoms with Gasteiger partial charge in [0.25, 0.3) is 0 Å². The SMILES string of the molecule is C1COCCN1.CCCOc1cc2c(Cl)ncnc2cc1OC.Cl. The molecule has 0 unspecified atom stereocenters. The molecule has 134 valence electrons. The predicted octanol–water partition coefficient (Wildman–Crippen LogP) is 3.11. The van der Waals surface area contributed by atoms with Crippen LogP contribution in [0, 0.1) is 0 Å². The third-order valence-electron chi connectivity index (χ3n) is 3.18. The minimum Gasteiger partial charge on any atom is -0.493 e. The number of ether oxygens (including phenoxy) is 3. The summed E-state index contributed by atoms with van der Waals surface area (Å²) < 4.78 is 15.9. The number of benzene rings is 1. The molecule has 3 rings (SSSR count). The summed E-state index contributed by atoms with van der Waals surface area (Å²) >= 11 is 6.01. The lowest BCUT2D eigenvalue weighted by atomic mass is 10.2. The molecule has 1 saturated heterocycles. The summed E-state index contributed by atoms with van der Waals surface area (Å²) in [5.74, 6) is 1.32. The minimum absolute atomic E-state index is 0. The first-order valence-electron chi connectivity index (χ1n) is 7.65. The van der Waals surface area contributed by atoms with Crippen molar-refractivity contribution >= 4 is 34.9 Å². The number of fused-ring (bicyclic) bond motifs is 1. The fourth-order valence-electron chi connectivity index (χ4n) is 2.03. The van der Waals surface area contributed by atoms with Gasteiger partial charge in [0.2, 0.25) is 0 Å². The third kappa shape index (κ3) is 5.94. The van der Waals surface area contributed by atoms with E-state index in [-0.39, 0.29) is 12.4 Å². The molecule has 2 heterocycles. The highest BCUT2D eigenvalue weighted by atomic mass is 35.5. The Kier molecular flexibility index (Phi) is 9.71. The van der Waals surface area contributed by atoms with Crippen LogP contribution in [-0.2, 0) is 4.74 Å². The first-order chi connectivity index (χ1) is 11.3. The second-order valence-corrected chi connectivity index (χ2v) is 5.25. The van der Waals surface area contributed by atoms with Gasteiger partial charge in [-0.25, -0.2) is 9.97 Å². The zero-order valence-corrected chi connectivity index (χ0v) is 15.5. The Morgan fingerprint density at radius 3 is 2.50 bits per heavy atom. The number of nitrogens with zero attached hydrogens (tertiary/aromatic N) is 2. The average Bonchev–Trinajstić information content (AvgIpc) is 2.61. The predicted molar refractivity (Wildman–Crippen MR) is 97.8 cm³/mol. The van der Waals surface area contributed by atoms with Gasteiger partial charge in [0.1, 0.15) is 11.5 Å². The van der Waals surface area contributed by atoms with Crippen LogP contribution in [0.4, 0.5) is 0 Å². The zero-order valence-electron chi connectivity index (χ0n) is 13.9. The summed E-state index contributed by atoms with van der Waals surface area (Å²) in [6.07, 6.45) is 2.36. The highest BCUT2D eigenvalue weighted by Crippen LogP contribution is 2.33. The van der Waals surface area contributed by atoms with Gasteiger partial charge in [-0.15, -0.1) is 12.4 Å². The molecule has 2 aromatic rings. The molecule has 0 bridgehead atoms. The second kappa shape index (κ2) is 11.3. The van der Waals surface area contributed by atoms with Gasteiger partial charge in [-0.2, -0.15) is 0 Å². The maximum absolute atomic E-state index is 6.01. The molecule has 0 atom stereocenters. The summed E-state index contributed by atoms with van der Waals surface area (Å²) in [7, 11) is 1.60. The van der Waals surface area contributed by atoms with E-state index in [9.17, 15) is 0 Å². The van der Waals surface area contributed by atoms with Crippen molar-refractivity contribution in [2.24, 2.45) is 0 Å². The maximum atomic E-state index is 6.01. The third-order valence-corrected chi connectivity index (χ3v) is 3.48. The van der Waals surface area contributed by atoms with Gasteiger partial charge in [-0.1, -0.05) is 18.5 Å². The summed E-state index contributed by atoms with van der Waals surface area (Å²) in [5.41, 5.74) is 0.741. The smallest absolute Gasteiger partial charge is 0.162 e. The van der Waals surface area contributed by atoms with Gasteiger partial charge >= 0.3 is 0 Å². The summed E-state index contributed by atoms with van der Waals surface area (Å²) in [5, 5.41) is 4.34. The summed E-state index contributed by atoms with van der Waals surface area (Å²) in [4.78, 5) is 8.08. The molecule has 1 fully saturated rings. The van der Waals surface area contributed by atoms with E-state index in [2.05, 4.69) is 15.3 Å². The number of halogens is 2. The lowest BCUT2D eigenvalue weighted by Gasteiger charge is -2.11. The zero-order chi connectivity index (χ0) is 16.5. The Morgan fingerprint density at radius 1 is 1.21 bits per heavy atom. The highest BCUT2D eigenvalue weighted by Gasteiger charge is 2.10.